The summed E-state index contributed by atoms with van der Waals surface area (Å²) in [6.07, 6.45) is 0. The molecule has 0 amide bonds. The SMILES string of the molecule is CC(C)c1ccc(-c2cc(-c3cccc(-c4cc(-c5ccc(C(C)C)cc5)[nH]n4)c3)n[nH]2)cc1. The van der Waals surface area contributed by atoms with Crippen LogP contribution in [0.4, 0.5) is 0 Å². The molecule has 0 radical (unpaired) electrons. The summed E-state index contributed by atoms with van der Waals surface area (Å²) in [4.78, 5) is 0. The minimum Gasteiger partial charge on any atom is -0.277 e. The van der Waals surface area contributed by atoms with Gasteiger partial charge in [-0.05, 0) is 52.3 Å². The molecule has 170 valence electrons. The molecule has 0 aliphatic carbocycles. The Morgan fingerprint density at radius 1 is 0.500 bits per heavy atom. The fourth-order valence-corrected chi connectivity index (χ4v) is 4.17. The molecule has 0 aliphatic heterocycles. The van der Waals surface area contributed by atoms with Crippen molar-refractivity contribution in [3.63, 3.8) is 0 Å². The summed E-state index contributed by atoms with van der Waals surface area (Å²) >= 11 is 0. The maximum absolute atomic E-state index is 4.58. The maximum atomic E-state index is 4.58. The van der Waals surface area contributed by atoms with Crippen LogP contribution in [0.2, 0.25) is 0 Å². The van der Waals surface area contributed by atoms with Gasteiger partial charge in [-0.15, -0.1) is 0 Å². The zero-order valence-corrected chi connectivity index (χ0v) is 20.1. The molecule has 4 nitrogen and oxygen atoms in total. The van der Waals surface area contributed by atoms with E-state index in [1.807, 2.05) is 0 Å². The second kappa shape index (κ2) is 9.14. The monoisotopic (exact) mass is 446 g/mol. The normalized spacial score (nSPS) is 11.5. The summed E-state index contributed by atoms with van der Waals surface area (Å²) in [6, 6.07) is 30.0. The zero-order chi connectivity index (χ0) is 23.7. The number of H-pyrrole nitrogens is 2. The number of nitrogens with one attached hydrogen (secondary N) is 2. The van der Waals surface area contributed by atoms with Crippen molar-refractivity contribution in [3.05, 3.63) is 96.1 Å². The van der Waals surface area contributed by atoms with Crippen LogP contribution in [0.1, 0.15) is 50.7 Å². The van der Waals surface area contributed by atoms with Gasteiger partial charge in [0.1, 0.15) is 0 Å². The van der Waals surface area contributed by atoms with Crippen LogP contribution in [-0.2, 0) is 0 Å². The first-order valence-corrected chi connectivity index (χ1v) is 11.9. The van der Waals surface area contributed by atoms with Crippen LogP contribution in [0.3, 0.4) is 0 Å². The van der Waals surface area contributed by atoms with Crippen molar-refractivity contribution < 1.29 is 0 Å². The number of benzene rings is 3. The molecule has 0 spiro atoms. The Morgan fingerprint density at radius 3 is 1.29 bits per heavy atom. The molecule has 0 atom stereocenters. The molecular formula is C30H30N4. The van der Waals surface area contributed by atoms with Crippen molar-refractivity contribution in [2.45, 2.75) is 39.5 Å². The lowest BCUT2D eigenvalue weighted by Crippen LogP contribution is -1.86. The minimum atomic E-state index is 0.524. The summed E-state index contributed by atoms with van der Waals surface area (Å²) < 4.78 is 0. The van der Waals surface area contributed by atoms with E-state index in [0.29, 0.717) is 11.8 Å². The third-order valence-electron chi connectivity index (χ3n) is 6.39. The highest BCUT2D eigenvalue weighted by atomic mass is 15.1. The average Bonchev–Trinajstić information content (AvgIpc) is 3.55. The Balaban J connectivity index is 1.38. The molecule has 0 saturated carbocycles. The van der Waals surface area contributed by atoms with Crippen molar-refractivity contribution in [2.24, 2.45) is 0 Å². The van der Waals surface area contributed by atoms with E-state index in [0.717, 1.165) is 45.0 Å². The largest absolute Gasteiger partial charge is 0.277 e. The van der Waals surface area contributed by atoms with Gasteiger partial charge in [0.25, 0.3) is 0 Å². The van der Waals surface area contributed by atoms with Crippen molar-refractivity contribution in [1.29, 1.82) is 0 Å². The number of aromatic amines is 2. The molecule has 2 aromatic heterocycles. The van der Waals surface area contributed by atoms with Gasteiger partial charge in [-0.1, -0.05) is 94.4 Å². The highest BCUT2D eigenvalue weighted by Gasteiger charge is 2.11. The molecule has 3 aromatic carbocycles. The van der Waals surface area contributed by atoms with Gasteiger partial charge >= 0.3 is 0 Å². The van der Waals surface area contributed by atoms with E-state index in [4.69, 9.17) is 0 Å². The van der Waals surface area contributed by atoms with E-state index in [1.54, 1.807) is 0 Å². The second-order valence-corrected chi connectivity index (χ2v) is 9.47. The predicted octanol–water partition coefficient (Wildman–Crippen LogP) is 8.05. The maximum Gasteiger partial charge on any atom is 0.0927 e. The topological polar surface area (TPSA) is 57.4 Å². The van der Waals surface area contributed by atoms with Crippen molar-refractivity contribution in [1.82, 2.24) is 20.4 Å². The van der Waals surface area contributed by atoms with Crippen LogP contribution in [0.25, 0.3) is 45.0 Å². The average molecular weight is 447 g/mol. The summed E-state index contributed by atoms with van der Waals surface area (Å²) in [5.41, 5.74) is 10.9. The van der Waals surface area contributed by atoms with Crippen LogP contribution in [0.15, 0.2) is 84.9 Å². The third kappa shape index (κ3) is 4.44. The first-order chi connectivity index (χ1) is 16.5. The molecule has 2 heterocycles. The smallest absolute Gasteiger partial charge is 0.0927 e. The highest BCUT2D eigenvalue weighted by molar-refractivity contribution is 5.74. The van der Waals surface area contributed by atoms with Gasteiger partial charge in [0.15, 0.2) is 0 Å². The molecule has 0 saturated heterocycles. The lowest BCUT2D eigenvalue weighted by atomic mass is 10.00. The first kappa shape index (κ1) is 21.9. The van der Waals surface area contributed by atoms with E-state index in [2.05, 4.69) is 133 Å². The van der Waals surface area contributed by atoms with Gasteiger partial charge in [-0.3, -0.25) is 10.2 Å². The van der Waals surface area contributed by atoms with Gasteiger partial charge < -0.3 is 0 Å². The zero-order valence-electron chi connectivity index (χ0n) is 20.1. The van der Waals surface area contributed by atoms with Gasteiger partial charge in [0.05, 0.1) is 22.8 Å². The quantitative estimate of drug-likeness (QED) is 0.277. The molecule has 5 aromatic rings. The van der Waals surface area contributed by atoms with Crippen molar-refractivity contribution in [3.8, 4) is 45.0 Å². The fraction of sp³-hybridized carbons (Fsp3) is 0.200. The second-order valence-electron chi connectivity index (χ2n) is 9.47. The van der Waals surface area contributed by atoms with E-state index in [1.165, 1.54) is 11.1 Å². The summed E-state index contributed by atoms with van der Waals surface area (Å²) in [5.74, 6) is 1.05. The number of nitrogens with zero attached hydrogens (tertiary/aromatic N) is 2. The minimum absolute atomic E-state index is 0.524. The molecule has 4 heteroatoms. The fourth-order valence-electron chi connectivity index (χ4n) is 4.17. The molecule has 0 unspecified atom stereocenters. The van der Waals surface area contributed by atoms with Crippen molar-refractivity contribution in [2.75, 3.05) is 0 Å². The Hall–Kier alpha value is -3.92. The van der Waals surface area contributed by atoms with Crippen LogP contribution < -0.4 is 0 Å². The first-order valence-electron chi connectivity index (χ1n) is 11.9. The van der Waals surface area contributed by atoms with Crippen LogP contribution in [0.5, 0.6) is 0 Å². The van der Waals surface area contributed by atoms with Gasteiger partial charge in [0.2, 0.25) is 0 Å². The molecule has 2 N–H and O–H groups in total. The molecule has 34 heavy (non-hydrogen) atoms. The van der Waals surface area contributed by atoms with E-state index < -0.39 is 0 Å². The van der Waals surface area contributed by atoms with E-state index in [-0.39, 0.29) is 0 Å². The van der Waals surface area contributed by atoms with Crippen LogP contribution >= 0.6 is 0 Å². The lowest BCUT2D eigenvalue weighted by Gasteiger charge is -2.05. The number of aromatic nitrogens is 4. The highest BCUT2D eigenvalue weighted by Crippen LogP contribution is 2.30. The molecule has 0 fully saturated rings. The summed E-state index contributed by atoms with van der Waals surface area (Å²) in [6.45, 7) is 8.84. The number of hydrogen-bond donors (Lipinski definition) is 2. The summed E-state index contributed by atoms with van der Waals surface area (Å²) in [7, 11) is 0. The van der Waals surface area contributed by atoms with Crippen LogP contribution in [0, 0.1) is 0 Å². The van der Waals surface area contributed by atoms with Crippen LogP contribution in [-0.4, -0.2) is 20.4 Å². The molecular weight excluding hydrogens is 416 g/mol. The molecule has 0 aliphatic rings. The summed E-state index contributed by atoms with van der Waals surface area (Å²) in [5, 5.41) is 15.5. The van der Waals surface area contributed by atoms with Gasteiger partial charge in [0, 0.05) is 11.1 Å². The Kier molecular flexibility index (Phi) is 5.89. The van der Waals surface area contributed by atoms with E-state index >= 15 is 0 Å². The Morgan fingerprint density at radius 2 is 0.912 bits per heavy atom. The number of rotatable bonds is 6. The predicted molar refractivity (Wildman–Crippen MR) is 141 cm³/mol. The Labute approximate surface area is 201 Å². The van der Waals surface area contributed by atoms with Gasteiger partial charge in [-0.2, -0.15) is 10.2 Å². The van der Waals surface area contributed by atoms with E-state index in [9.17, 15) is 0 Å². The molecule has 0 bridgehead atoms. The Bertz CT molecular complexity index is 1280. The lowest BCUT2D eigenvalue weighted by molar-refractivity contribution is 0.867. The number of hydrogen-bond acceptors (Lipinski definition) is 2. The van der Waals surface area contributed by atoms with Crippen molar-refractivity contribution >= 4 is 0 Å². The third-order valence-corrected chi connectivity index (χ3v) is 6.39. The standard InChI is InChI=1S/C30H30N4/c1-19(2)21-8-12-23(13-9-21)27-17-29(33-31-27)25-6-5-7-26(16-25)30-18-28(32-34-30)24-14-10-22(11-15-24)20(3)4/h5-20H,1-4H3,(H,31,33)(H,32,34). The molecule has 5 rings (SSSR count). The van der Waals surface area contributed by atoms with Gasteiger partial charge in [-0.25, -0.2) is 0 Å².